The van der Waals surface area contributed by atoms with Crippen LogP contribution in [0.25, 0.3) is 0 Å². The van der Waals surface area contributed by atoms with Gasteiger partial charge in [0.15, 0.2) is 0 Å². The van der Waals surface area contributed by atoms with Crippen LogP contribution in [-0.2, 0) is 13.0 Å². The van der Waals surface area contributed by atoms with Crippen LogP contribution in [-0.4, -0.2) is 11.1 Å². The summed E-state index contributed by atoms with van der Waals surface area (Å²) in [6.07, 6.45) is 0.856. The van der Waals surface area contributed by atoms with E-state index in [1.807, 2.05) is 42.5 Å². The molecule has 0 saturated heterocycles. The lowest BCUT2D eigenvalue weighted by Crippen LogP contribution is -2.27. The molecule has 2 rings (SSSR count). The van der Waals surface area contributed by atoms with Crippen molar-refractivity contribution in [3.63, 3.8) is 0 Å². The quantitative estimate of drug-likeness (QED) is 0.827. The molecule has 106 valence electrons. The van der Waals surface area contributed by atoms with Crippen molar-refractivity contribution in [1.29, 1.82) is 0 Å². The molecule has 0 saturated carbocycles. The Kier molecular flexibility index (Phi) is 5.46. The summed E-state index contributed by atoms with van der Waals surface area (Å²) in [5.74, 6) is 0.296. The van der Waals surface area contributed by atoms with Crippen molar-refractivity contribution in [3.05, 3.63) is 63.1 Å². The van der Waals surface area contributed by atoms with Crippen molar-refractivity contribution in [1.82, 2.24) is 5.32 Å². The minimum atomic E-state index is 0.272. The highest BCUT2D eigenvalue weighted by Crippen LogP contribution is 2.27. The van der Waals surface area contributed by atoms with E-state index in [0.717, 1.165) is 27.0 Å². The topological polar surface area (TPSA) is 32.3 Å². The van der Waals surface area contributed by atoms with Crippen LogP contribution in [0.15, 0.2) is 46.9 Å². The predicted octanol–water partition coefficient (Wildman–Crippen LogP) is 4.53. The van der Waals surface area contributed by atoms with Crippen LogP contribution in [0.2, 0.25) is 5.02 Å². The Labute approximate surface area is 132 Å². The van der Waals surface area contributed by atoms with E-state index in [1.165, 1.54) is 0 Å². The molecule has 2 aromatic carbocycles. The number of aromatic hydroxyl groups is 1. The van der Waals surface area contributed by atoms with Crippen LogP contribution in [0, 0.1) is 0 Å². The fraction of sp³-hybridized carbons (Fsp3) is 0.250. The summed E-state index contributed by atoms with van der Waals surface area (Å²) < 4.78 is 0.718. The molecule has 4 heteroatoms. The van der Waals surface area contributed by atoms with Crippen molar-refractivity contribution in [2.45, 2.75) is 25.9 Å². The summed E-state index contributed by atoms with van der Waals surface area (Å²) in [4.78, 5) is 0. The molecule has 0 bridgehead atoms. The lowest BCUT2D eigenvalue weighted by molar-refractivity contribution is 0.455. The minimum absolute atomic E-state index is 0.272. The van der Waals surface area contributed by atoms with Crippen molar-refractivity contribution in [3.8, 4) is 5.75 Å². The third kappa shape index (κ3) is 3.98. The van der Waals surface area contributed by atoms with E-state index in [1.54, 1.807) is 0 Å². The van der Waals surface area contributed by atoms with Gasteiger partial charge in [0.1, 0.15) is 5.75 Å². The summed E-state index contributed by atoms with van der Waals surface area (Å²) in [6.45, 7) is 2.73. The Bertz CT molecular complexity index is 588. The average molecular weight is 355 g/mol. The van der Waals surface area contributed by atoms with Gasteiger partial charge in [0.05, 0.1) is 4.47 Å². The number of halogens is 2. The van der Waals surface area contributed by atoms with E-state index in [-0.39, 0.29) is 6.04 Å². The molecule has 2 aromatic rings. The van der Waals surface area contributed by atoms with E-state index >= 15 is 0 Å². The first kappa shape index (κ1) is 15.4. The van der Waals surface area contributed by atoms with Gasteiger partial charge in [-0.3, -0.25) is 0 Å². The maximum absolute atomic E-state index is 9.94. The maximum atomic E-state index is 9.94. The normalized spacial score (nSPS) is 12.3. The third-order valence-electron chi connectivity index (χ3n) is 3.20. The first-order valence-corrected chi connectivity index (χ1v) is 7.68. The largest absolute Gasteiger partial charge is 0.506 e. The van der Waals surface area contributed by atoms with E-state index in [0.29, 0.717) is 12.3 Å². The molecule has 0 aliphatic heterocycles. The second-order valence-corrected chi connectivity index (χ2v) is 6.09. The Morgan fingerprint density at radius 2 is 1.85 bits per heavy atom. The number of para-hydroxylation sites is 1. The second-order valence-electron chi connectivity index (χ2n) is 4.83. The molecular weight excluding hydrogens is 338 g/mol. The molecule has 0 radical (unpaired) electrons. The summed E-state index contributed by atoms with van der Waals surface area (Å²) in [7, 11) is 0. The monoisotopic (exact) mass is 353 g/mol. The maximum Gasteiger partial charge on any atom is 0.134 e. The zero-order valence-electron chi connectivity index (χ0n) is 11.2. The lowest BCUT2D eigenvalue weighted by Gasteiger charge is -2.15. The van der Waals surface area contributed by atoms with Gasteiger partial charge in [-0.1, -0.05) is 41.9 Å². The van der Waals surface area contributed by atoms with Crippen LogP contribution >= 0.6 is 27.5 Å². The van der Waals surface area contributed by atoms with E-state index in [4.69, 9.17) is 11.6 Å². The van der Waals surface area contributed by atoms with Gasteiger partial charge in [0.25, 0.3) is 0 Å². The fourth-order valence-corrected chi connectivity index (χ4v) is 2.67. The lowest BCUT2D eigenvalue weighted by atomic mass is 10.1. The summed E-state index contributed by atoms with van der Waals surface area (Å²) in [5.41, 5.74) is 2.01. The summed E-state index contributed by atoms with van der Waals surface area (Å²) in [6, 6.07) is 13.8. The van der Waals surface area contributed by atoms with E-state index in [2.05, 4.69) is 28.2 Å². The highest BCUT2D eigenvalue weighted by Gasteiger charge is 2.09. The molecule has 0 fully saturated rings. The predicted molar refractivity (Wildman–Crippen MR) is 87.3 cm³/mol. The van der Waals surface area contributed by atoms with Crippen molar-refractivity contribution >= 4 is 27.5 Å². The van der Waals surface area contributed by atoms with Gasteiger partial charge in [0, 0.05) is 23.2 Å². The molecule has 2 N–H and O–H groups in total. The number of phenolic OH excluding ortho intramolecular Hbond substituents is 1. The van der Waals surface area contributed by atoms with Crippen LogP contribution < -0.4 is 5.32 Å². The Morgan fingerprint density at radius 1 is 1.15 bits per heavy atom. The highest BCUT2D eigenvalue weighted by atomic mass is 79.9. The summed E-state index contributed by atoms with van der Waals surface area (Å²) in [5, 5.41) is 14.1. The van der Waals surface area contributed by atoms with Crippen LogP contribution in [0.4, 0.5) is 0 Å². The standard InChI is InChI=1S/C16H17BrClNO/c1-11(9-12-5-2-3-8-15(12)18)19-10-13-6-4-7-14(17)16(13)20/h2-8,11,19-20H,9-10H2,1H3. The molecule has 0 aromatic heterocycles. The minimum Gasteiger partial charge on any atom is -0.506 e. The molecule has 1 unspecified atom stereocenters. The van der Waals surface area contributed by atoms with Gasteiger partial charge >= 0.3 is 0 Å². The van der Waals surface area contributed by atoms with Gasteiger partial charge < -0.3 is 10.4 Å². The van der Waals surface area contributed by atoms with Gasteiger partial charge in [-0.2, -0.15) is 0 Å². The van der Waals surface area contributed by atoms with Gasteiger partial charge in [-0.15, -0.1) is 0 Å². The smallest absolute Gasteiger partial charge is 0.134 e. The van der Waals surface area contributed by atoms with Gasteiger partial charge in [-0.25, -0.2) is 0 Å². The molecule has 0 amide bonds. The molecule has 0 aliphatic rings. The molecule has 1 atom stereocenters. The number of rotatable bonds is 5. The molecule has 0 spiro atoms. The number of nitrogens with one attached hydrogen (secondary N) is 1. The zero-order chi connectivity index (χ0) is 14.5. The number of benzene rings is 2. The number of hydrogen-bond donors (Lipinski definition) is 2. The molecule has 0 aliphatic carbocycles. The zero-order valence-corrected chi connectivity index (χ0v) is 13.6. The number of phenols is 1. The van der Waals surface area contributed by atoms with Gasteiger partial charge in [0.2, 0.25) is 0 Å². The second kappa shape index (κ2) is 7.11. The number of hydrogen-bond acceptors (Lipinski definition) is 2. The SMILES string of the molecule is CC(Cc1ccccc1Cl)NCc1cccc(Br)c1O. The fourth-order valence-electron chi connectivity index (χ4n) is 2.05. The van der Waals surface area contributed by atoms with Crippen molar-refractivity contribution in [2.24, 2.45) is 0 Å². The molecule has 0 heterocycles. The molecule has 2 nitrogen and oxygen atoms in total. The Morgan fingerprint density at radius 3 is 2.60 bits per heavy atom. The van der Waals surface area contributed by atoms with E-state index in [9.17, 15) is 5.11 Å². The van der Waals surface area contributed by atoms with Crippen LogP contribution in [0.5, 0.6) is 5.75 Å². The summed E-state index contributed by atoms with van der Waals surface area (Å²) >= 11 is 9.48. The third-order valence-corrected chi connectivity index (χ3v) is 4.20. The van der Waals surface area contributed by atoms with Crippen LogP contribution in [0.1, 0.15) is 18.1 Å². The Balaban J connectivity index is 1.94. The average Bonchev–Trinajstić information content (AvgIpc) is 2.43. The van der Waals surface area contributed by atoms with Gasteiger partial charge in [-0.05, 0) is 47.0 Å². The molecule has 20 heavy (non-hydrogen) atoms. The highest BCUT2D eigenvalue weighted by molar-refractivity contribution is 9.10. The Hall–Kier alpha value is -1.03. The molecular formula is C16H17BrClNO. The van der Waals surface area contributed by atoms with E-state index < -0.39 is 0 Å². The van der Waals surface area contributed by atoms with Crippen molar-refractivity contribution < 1.29 is 5.11 Å². The first-order chi connectivity index (χ1) is 9.58. The first-order valence-electron chi connectivity index (χ1n) is 6.51. The van der Waals surface area contributed by atoms with Crippen molar-refractivity contribution in [2.75, 3.05) is 0 Å². The van der Waals surface area contributed by atoms with Crippen LogP contribution in [0.3, 0.4) is 0 Å².